The summed E-state index contributed by atoms with van der Waals surface area (Å²) in [7, 11) is -2.81. The molecule has 0 spiro atoms. The van der Waals surface area contributed by atoms with Gasteiger partial charge in [-0.2, -0.15) is 0 Å². The molecule has 5 heteroatoms. The standard InChI is InChI=1S/C10H21NO3S/c1-10(5-3-7-14-10)9-11-6-4-8-15(2,12)13/h11H,3-9H2,1-2H3. The van der Waals surface area contributed by atoms with Crippen LogP contribution in [0.4, 0.5) is 0 Å². The van der Waals surface area contributed by atoms with Crippen LogP contribution < -0.4 is 5.32 Å². The fourth-order valence-electron chi connectivity index (χ4n) is 1.79. The van der Waals surface area contributed by atoms with Crippen molar-refractivity contribution in [1.82, 2.24) is 5.32 Å². The van der Waals surface area contributed by atoms with E-state index in [9.17, 15) is 8.42 Å². The third-order valence-electron chi connectivity index (χ3n) is 2.67. The van der Waals surface area contributed by atoms with Crippen LogP contribution in [0.25, 0.3) is 0 Å². The first-order valence-electron chi connectivity index (χ1n) is 5.44. The molecule has 15 heavy (non-hydrogen) atoms. The molecule has 1 aliphatic heterocycles. The summed E-state index contributed by atoms with van der Waals surface area (Å²) >= 11 is 0. The smallest absolute Gasteiger partial charge is 0.147 e. The fourth-order valence-corrected chi connectivity index (χ4v) is 2.46. The van der Waals surface area contributed by atoms with E-state index in [0.29, 0.717) is 6.42 Å². The van der Waals surface area contributed by atoms with Crippen molar-refractivity contribution >= 4 is 9.84 Å². The molecule has 0 bridgehead atoms. The van der Waals surface area contributed by atoms with Crippen LogP contribution in [0.15, 0.2) is 0 Å². The van der Waals surface area contributed by atoms with Gasteiger partial charge in [0.1, 0.15) is 9.84 Å². The van der Waals surface area contributed by atoms with Crippen LogP contribution in [-0.2, 0) is 14.6 Å². The average Bonchev–Trinajstić information content (AvgIpc) is 2.50. The first-order chi connectivity index (χ1) is 6.91. The molecule has 1 rings (SSSR count). The molecule has 1 atom stereocenters. The monoisotopic (exact) mass is 235 g/mol. The van der Waals surface area contributed by atoms with Gasteiger partial charge in [-0.15, -0.1) is 0 Å². The number of hydrogen-bond donors (Lipinski definition) is 1. The lowest BCUT2D eigenvalue weighted by Crippen LogP contribution is -2.37. The van der Waals surface area contributed by atoms with Crippen LogP contribution in [0.3, 0.4) is 0 Å². The van der Waals surface area contributed by atoms with Gasteiger partial charge in [0.2, 0.25) is 0 Å². The average molecular weight is 235 g/mol. The van der Waals surface area contributed by atoms with Crippen molar-refractivity contribution in [1.29, 1.82) is 0 Å². The Kier molecular flexibility index (Phi) is 4.55. The topological polar surface area (TPSA) is 55.4 Å². The number of ether oxygens (including phenoxy) is 1. The predicted octanol–water partition coefficient (Wildman–Crippen LogP) is 0.580. The highest BCUT2D eigenvalue weighted by Crippen LogP contribution is 2.23. The molecule has 0 aromatic carbocycles. The van der Waals surface area contributed by atoms with Gasteiger partial charge in [0, 0.05) is 19.4 Å². The van der Waals surface area contributed by atoms with Crippen LogP contribution in [0.2, 0.25) is 0 Å². The predicted molar refractivity (Wildman–Crippen MR) is 60.8 cm³/mol. The van der Waals surface area contributed by atoms with Crippen LogP contribution >= 0.6 is 0 Å². The molecule has 0 radical (unpaired) electrons. The van der Waals surface area contributed by atoms with E-state index in [1.807, 2.05) is 0 Å². The van der Waals surface area contributed by atoms with Gasteiger partial charge in [0.15, 0.2) is 0 Å². The van der Waals surface area contributed by atoms with Crippen LogP contribution in [0.5, 0.6) is 0 Å². The maximum absolute atomic E-state index is 10.9. The van der Waals surface area contributed by atoms with Crippen molar-refractivity contribution in [2.24, 2.45) is 0 Å². The van der Waals surface area contributed by atoms with Gasteiger partial charge in [-0.1, -0.05) is 0 Å². The third-order valence-corrected chi connectivity index (χ3v) is 3.70. The Labute approximate surface area is 92.3 Å². The van der Waals surface area contributed by atoms with E-state index in [1.54, 1.807) is 0 Å². The minimum atomic E-state index is -2.81. The minimum Gasteiger partial charge on any atom is -0.374 e. The van der Waals surface area contributed by atoms with Crippen molar-refractivity contribution in [3.63, 3.8) is 0 Å². The van der Waals surface area contributed by atoms with E-state index in [4.69, 9.17) is 4.74 Å². The molecule has 1 N–H and O–H groups in total. The summed E-state index contributed by atoms with van der Waals surface area (Å²) in [5.74, 6) is 0.261. The second-order valence-electron chi connectivity index (χ2n) is 4.56. The highest BCUT2D eigenvalue weighted by molar-refractivity contribution is 7.90. The number of rotatable bonds is 6. The molecule has 1 heterocycles. The SMILES string of the molecule is CC1(CNCCCS(C)(=O)=O)CCCO1. The van der Waals surface area contributed by atoms with E-state index < -0.39 is 9.84 Å². The second kappa shape index (κ2) is 5.27. The van der Waals surface area contributed by atoms with Gasteiger partial charge in [-0.05, 0) is 32.7 Å². The zero-order valence-corrected chi connectivity index (χ0v) is 10.4. The first-order valence-corrected chi connectivity index (χ1v) is 7.50. The molecule has 90 valence electrons. The maximum Gasteiger partial charge on any atom is 0.147 e. The van der Waals surface area contributed by atoms with Crippen LogP contribution in [0, 0.1) is 0 Å². The number of sulfone groups is 1. The van der Waals surface area contributed by atoms with Crippen LogP contribution in [-0.4, -0.2) is 45.7 Å². The lowest BCUT2D eigenvalue weighted by molar-refractivity contribution is 0.0211. The van der Waals surface area contributed by atoms with E-state index >= 15 is 0 Å². The molecular weight excluding hydrogens is 214 g/mol. The van der Waals surface area contributed by atoms with Crippen molar-refractivity contribution in [3.05, 3.63) is 0 Å². The maximum atomic E-state index is 10.9. The van der Waals surface area contributed by atoms with Crippen molar-refractivity contribution in [2.45, 2.75) is 31.8 Å². The van der Waals surface area contributed by atoms with Gasteiger partial charge < -0.3 is 10.1 Å². The largest absolute Gasteiger partial charge is 0.374 e. The van der Waals surface area contributed by atoms with Gasteiger partial charge in [-0.3, -0.25) is 0 Å². The summed E-state index contributed by atoms with van der Waals surface area (Å²) in [5, 5.41) is 3.25. The summed E-state index contributed by atoms with van der Waals surface area (Å²) in [6.07, 6.45) is 4.16. The Balaban J connectivity index is 2.06. The zero-order chi connectivity index (χ0) is 11.4. The summed E-state index contributed by atoms with van der Waals surface area (Å²) in [6, 6.07) is 0. The summed E-state index contributed by atoms with van der Waals surface area (Å²) in [6.45, 7) is 4.51. The second-order valence-corrected chi connectivity index (χ2v) is 6.82. The Morgan fingerprint density at radius 1 is 1.47 bits per heavy atom. The molecule has 4 nitrogen and oxygen atoms in total. The molecule has 0 saturated carbocycles. The molecule has 1 saturated heterocycles. The molecule has 1 aliphatic rings. The summed E-state index contributed by atoms with van der Waals surface area (Å²) in [4.78, 5) is 0. The lowest BCUT2D eigenvalue weighted by Gasteiger charge is -2.23. The van der Waals surface area contributed by atoms with E-state index in [2.05, 4.69) is 12.2 Å². The van der Waals surface area contributed by atoms with Crippen LogP contribution in [0.1, 0.15) is 26.2 Å². The molecular formula is C10H21NO3S. The normalized spacial score (nSPS) is 27.1. The molecule has 1 fully saturated rings. The van der Waals surface area contributed by atoms with Crippen molar-refractivity contribution in [3.8, 4) is 0 Å². The lowest BCUT2D eigenvalue weighted by atomic mass is 10.0. The van der Waals surface area contributed by atoms with Gasteiger partial charge >= 0.3 is 0 Å². The Morgan fingerprint density at radius 2 is 2.20 bits per heavy atom. The first kappa shape index (κ1) is 12.9. The number of nitrogens with one attached hydrogen (secondary N) is 1. The highest BCUT2D eigenvalue weighted by Gasteiger charge is 2.28. The fraction of sp³-hybridized carbons (Fsp3) is 1.00. The van der Waals surface area contributed by atoms with Gasteiger partial charge in [0.25, 0.3) is 0 Å². The minimum absolute atomic E-state index is 0.0366. The molecule has 0 aromatic rings. The summed E-state index contributed by atoms with van der Waals surface area (Å²) < 4.78 is 27.3. The Bertz CT molecular complexity index is 281. The Hall–Kier alpha value is -0.130. The van der Waals surface area contributed by atoms with E-state index in [-0.39, 0.29) is 11.4 Å². The molecule has 0 aliphatic carbocycles. The molecule has 0 aromatic heterocycles. The van der Waals surface area contributed by atoms with Gasteiger partial charge in [0.05, 0.1) is 11.4 Å². The van der Waals surface area contributed by atoms with E-state index in [0.717, 1.165) is 32.5 Å². The summed E-state index contributed by atoms with van der Waals surface area (Å²) in [5.41, 5.74) is -0.0366. The number of hydrogen-bond acceptors (Lipinski definition) is 4. The van der Waals surface area contributed by atoms with E-state index in [1.165, 1.54) is 6.26 Å². The highest BCUT2D eigenvalue weighted by atomic mass is 32.2. The Morgan fingerprint density at radius 3 is 2.73 bits per heavy atom. The van der Waals surface area contributed by atoms with Gasteiger partial charge in [-0.25, -0.2) is 8.42 Å². The zero-order valence-electron chi connectivity index (χ0n) is 9.58. The molecule has 0 amide bonds. The van der Waals surface area contributed by atoms with Crippen molar-refractivity contribution in [2.75, 3.05) is 31.7 Å². The third kappa shape index (κ3) is 5.49. The van der Waals surface area contributed by atoms with Crippen molar-refractivity contribution < 1.29 is 13.2 Å². The molecule has 1 unspecified atom stereocenters. The quantitative estimate of drug-likeness (QED) is 0.684.